The highest BCUT2D eigenvalue weighted by Crippen LogP contribution is 2.21. The van der Waals surface area contributed by atoms with E-state index in [0.717, 1.165) is 5.57 Å². The second-order valence-corrected chi connectivity index (χ2v) is 4.51. The summed E-state index contributed by atoms with van der Waals surface area (Å²) in [5.41, 5.74) is 0.926. The lowest BCUT2D eigenvalue weighted by Crippen LogP contribution is -2.24. The van der Waals surface area contributed by atoms with Crippen LogP contribution in [0.2, 0.25) is 0 Å². The van der Waals surface area contributed by atoms with E-state index >= 15 is 0 Å². The number of nitro benzene ring substituents is 1. The van der Waals surface area contributed by atoms with Crippen molar-refractivity contribution in [1.29, 1.82) is 0 Å². The molecule has 0 fully saturated rings. The Morgan fingerprint density at radius 2 is 2.18 bits per heavy atom. The minimum atomic E-state index is -0.541. The summed E-state index contributed by atoms with van der Waals surface area (Å²) in [7, 11) is 0. The molecule has 0 unspecified atom stereocenters. The minimum Gasteiger partial charge on any atom is -0.348 e. The maximum atomic E-state index is 11.7. The highest BCUT2D eigenvalue weighted by Gasteiger charge is 2.13. The van der Waals surface area contributed by atoms with Gasteiger partial charge in [0.1, 0.15) is 0 Å². The first-order chi connectivity index (χ1) is 7.90. The van der Waals surface area contributed by atoms with E-state index in [1.807, 2.05) is 0 Å². The van der Waals surface area contributed by atoms with E-state index in [2.05, 4.69) is 27.8 Å². The van der Waals surface area contributed by atoms with Gasteiger partial charge in [-0.2, -0.15) is 0 Å². The summed E-state index contributed by atoms with van der Waals surface area (Å²) in [5.74, 6) is -0.364. The van der Waals surface area contributed by atoms with E-state index in [-0.39, 0.29) is 17.2 Å². The number of nitrogens with zero attached hydrogens (tertiary/aromatic N) is 1. The summed E-state index contributed by atoms with van der Waals surface area (Å²) in [5, 5.41) is 13.2. The van der Waals surface area contributed by atoms with E-state index in [0.29, 0.717) is 11.0 Å². The summed E-state index contributed by atoms with van der Waals surface area (Å²) >= 11 is 3.13. The third-order valence-electron chi connectivity index (χ3n) is 1.91. The number of hydrogen-bond acceptors (Lipinski definition) is 3. The van der Waals surface area contributed by atoms with Gasteiger partial charge in [-0.05, 0) is 13.0 Å². The molecule has 0 aliphatic rings. The standard InChI is InChI=1S/C11H11BrN2O3/c1-7(2)6-13-11(15)8-3-9(12)5-10(4-8)14(16)17/h3-5H,1,6H2,2H3,(H,13,15). The van der Waals surface area contributed by atoms with E-state index < -0.39 is 4.92 Å². The number of rotatable bonds is 4. The average Bonchev–Trinajstić information content (AvgIpc) is 2.24. The fraction of sp³-hybridized carbons (Fsp3) is 0.182. The fourth-order valence-corrected chi connectivity index (χ4v) is 1.63. The zero-order valence-corrected chi connectivity index (χ0v) is 10.8. The Balaban J connectivity index is 2.93. The Morgan fingerprint density at radius 1 is 1.53 bits per heavy atom. The molecule has 0 saturated heterocycles. The van der Waals surface area contributed by atoms with Crippen LogP contribution in [0.1, 0.15) is 17.3 Å². The van der Waals surface area contributed by atoms with Crippen molar-refractivity contribution in [2.75, 3.05) is 6.54 Å². The molecular weight excluding hydrogens is 288 g/mol. The Bertz CT molecular complexity index is 486. The lowest BCUT2D eigenvalue weighted by atomic mass is 10.2. The van der Waals surface area contributed by atoms with Gasteiger partial charge in [-0.15, -0.1) is 0 Å². The van der Waals surface area contributed by atoms with Crippen LogP contribution < -0.4 is 5.32 Å². The quantitative estimate of drug-likeness (QED) is 0.528. The maximum Gasteiger partial charge on any atom is 0.271 e. The second-order valence-electron chi connectivity index (χ2n) is 3.59. The number of carbonyl (C=O) groups is 1. The molecule has 0 bridgehead atoms. The first-order valence-electron chi connectivity index (χ1n) is 4.77. The molecule has 0 aliphatic heterocycles. The number of amides is 1. The van der Waals surface area contributed by atoms with Crippen molar-refractivity contribution < 1.29 is 9.72 Å². The summed E-state index contributed by atoms with van der Waals surface area (Å²) in [6.45, 7) is 5.78. The zero-order chi connectivity index (χ0) is 13.0. The van der Waals surface area contributed by atoms with Crippen molar-refractivity contribution >= 4 is 27.5 Å². The molecule has 0 spiro atoms. The van der Waals surface area contributed by atoms with Gasteiger partial charge in [-0.1, -0.05) is 28.1 Å². The fourth-order valence-electron chi connectivity index (χ4n) is 1.14. The molecular formula is C11H11BrN2O3. The molecule has 0 aromatic heterocycles. The summed E-state index contributed by atoms with van der Waals surface area (Å²) in [4.78, 5) is 21.8. The van der Waals surface area contributed by atoms with Crippen LogP contribution in [0.3, 0.4) is 0 Å². The largest absolute Gasteiger partial charge is 0.348 e. The Kier molecular flexibility index (Phi) is 4.39. The molecule has 0 aliphatic carbocycles. The zero-order valence-electron chi connectivity index (χ0n) is 9.20. The maximum absolute atomic E-state index is 11.7. The monoisotopic (exact) mass is 298 g/mol. The van der Waals surface area contributed by atoms with E-state index in [1.165, 1.54) is 18.2 Å². The topological polar surface area (TPSA) is 72.2 Å². The molecule has 17 heavy (non-hydrogen) atoms. The van der Waals surface area contributed by atoms with Gasteiger partial charge >= 0.3 is 0 Å². The molecule has 1 aromatic carbocycles. The van der Waals surface area contributed by atoms with E-state index in [9.17, 15) is 14.9 Å². The van der Waals surface area contributed by atoms with Crippen LogP contribution in [-0.4, -0.2) is 17.4 Å². The van der Waals surface area contributed by atoms with Crippen molar-refractivity contribution in [1.82, 2.24) is 5.32 Å². The molecule has 1 aromatic rings. The van der Waals surface area contributed by atoms with Crippen molar-refractivity contribution in [3.63, 3.8) is 0 Å². The first kappa shape index (κ1) is 13.4. The van der Waals surface area contributed by atoms with Gasteiger partial charge in [-0.3, -0.25) is 14.9 Å². The van der Waals surface area contributed by atoms with Gasteiger partial charge in [0.2, 0.25) is 0 Å². The molecule has 0 radical (unpaired) electrons. The summed E-state index contributed by atoms with van der Waals surface area (Å²) < 4.78 is 0.493. The molecule has 90 valence electrons. The lowest BCUT2D eigenvalue weighted by molar-refractivity contribution is -0.385. The Labute approximate surface area is 107 Å². The van der Waals surface area contributed by atoms with Crippen LogP contribution in [0, 0.1) is 10.1 Å². The number of non-ortho nitro benzene ring substituents is 1. The minimum absolute atomic E-state index is 0.125. The molecule has 0 heterocycles. The smallest absolute Gasteiger partial charge is 0.271 e. The van der Waals surface area contributed by atoms with Gasteiger partial charge in [0, 0.05) is 28.7 Å². The van der Waals surface area contributed by atoms with Crippen molar-refractivity contribution in [2.24, 2.45) is 0 Å². The van der Waals surface area contributed by atoms with E-state index in [4.69, 9.17) is 0 Å². The van der Waals surface area contributed by atoms with Gasteiger partial charge in [0.15, 0.2) is 0 Å². The van der Waals surface area contributed by atoms with Gasteiger partial charge in [0.25, 0.3) is 11.6 Å². The van der Waals surface area contributed by atoms with Crippen LogP contribution in [0.15, 0.2) is 34.8 Å². The molecule has 5 nitrogen and oxygen atoms in total. The van der Waals surface area contributed by atoms with E-state index in [1.54, 1.807) is 6.92 Å². The molecule has 1 N–H and O–H groups in total. The molecule has 6 heteroatoms. The van der Waals surface area contributed by atoms with Gasteiger partial charge < -0.3 is 5.32 Å². The number of nitro groups is 1. The third kappa shape index (κ3) is 3.99. The summed E-state index contributed by atoms with van der Waals surface area (Å²) in [6.07, 6.45) is 0. The molecule has 0 atom stereocenters. The normalized spacial score (nSPS) is 9.76. The average molecular weight is 299 g/mol. The first-order valence-corrected chi connectivity index (χ1v) is 5.57. The van der Waals surface area contributed by atoms with Crippen molar-refractivity contribution in [2.45, 2.75) is 6.92 Å². The van der Waals surface area contributed by atoms with Crippen molar-refractivity contribution in [3.05, 3.63) is 50.5 Å². The molecule has 0 saturated carbocycles. The van der Waals surface area contributed by atoms with Crippen LogP contribution in [0.5, 0.6) is 0 Å². The van der Waals surface area contributed by atoms with Crippen LogP contribution in [-0.2, 0) is 0 Å². The number of carbonyl (C=O) groups excluding carboxylic acids is 1. The highest BCUT2D eigenvalue weighted by molar-refractivity contribution is 9.10. The highest BCUT2D eigenvalue weighted by atomic mass is 79.9. The Hall–Kier alpha value is -1.69. The van der Waals surface area contributed by atoms with Crippen LogP contribution in [0.4, 0.5) is 5.69 Å². The van der Waals surface area contributed by atoms with Crippen molar-refractivity contribution in [3.8, 4) is 0 Å². The summed E-state index contributed by atoms with van der Waals surface area (Å²) in [6, 6.07) is 4.11. The second kappa shape index (κ2) is 5.58. The van der Waals surface area contributed by atoms with Crippen LogP contribution in [0.25, 0.3) is 0 Å². The molecule has 1 amide bonds. The number of benzene rings is 1. The lowest BCUT2D eigenvalue weighted by Gasteiger charge is -2.05. The SMILES string of the molecule is C=C(C)CNC(=O)c1cc(Br)cc([N+](=O)[O-])c1. The van der Waals surface area contributed by atoms with Gasteiger partial charge in [0.05, 0.1) is 4.92 Å². The predicted octanol–water partition coefficient (Wildman–Crippen LogP) is 2.66. The Morgan fingerprint density at radius 3 is 2.71 bits per heavy atom. The molecule has 1 rings (SSSR count). The predicted molar refractivity (Wildman–Crippen MR) is 67.9 cm³/mol. The third-order valence-corrected chi connectivity index (χ3v) is 2.36. The van der Waals surface area contributed by atoms with Gasteiger partial charge in [-0.25, -0.2) is 0 Å². The number of hydrogen-bond donors (Lipinski definition) is 1. The van der Waals surface area contributed by atoms with Crippen LogP contribution >= 0.6 is 15.9 Å². The number of nitrogens with one attached hydrogen (secondary N) is 1. The number of halogens is 1.